The van der Waals surface area contributed by atoms with Crippen LogP contribution in [0.1, 0.15) is 62.8 Å². The molecule has 1 aliphatic heterocycles. The van der Waals surface area contributed by atoms with Crippen molar-refractivity contribution in [3.8, 4) is 0 Å². The van der Waals surface area contributed by atoms with Gasteiger partial charge in [0.2, 0.25) is 0 Å². The Morgan fingerprint density at radius 3 is 2.13 bits per heavy atom. The van der Waals surface area contributed by atoms with E-state index in [1.165, 1.54) is 29.5 Å². The van der Waals surface area contributed by atoms with Crippen LogP contribution in [0, 0.1) is 6.92 Å². The summed E-state index contributed by atoms with van der Waals surface area (Å²) in [5.74, 6) is -0.331. The van der Waals surface area contributed by atoms with Gasteiger partial charge in [0.1, 0.15) is 0 Å². The standard InChI is InChI=1S/C25H28N2O2S/c1-15-12-18-19(25(4,5)11-10-24(18,2)3)14-20(15)26-17-8-6-16(7-9-17)13-21-22(28)27-23(29)30-21/h6-9,12-14,26H,10-11H2,1-5H3,(H,27,28,29)/b21-13-. The van der Waals surface area contributed by atoms with Crippen LogP contribution in [0.4, 0.5) is 16.2 Å². The Hall–Kier alpha value is -2.53. The van der Waals surface area contributed by atoms with Gasteiger partial charge >= 0.3 is 0 Å². The Labute approximate surface area is 182 Å². The highest BCUT2D eigenvalue weighted by Gasteiger charge is 2.37. The van der Waals surface area contributed by atoms with E-state index in [0.29, 0.717) is 4.91 Å². The van der Waals surface area contributed by atoms with Crippen molar-refractivity contribution in [3.63, 3.8) is 0 Å². The van der Waals surface area contributed by atoms with Crippen LogP contribution in [0.2, 0.25) is 0 Å². The Morgan fingerprint density at radius 1 is 0.967 bits per heavy atom. The fourth-order valence-electron chi connectivity index (χ4n) is 4.25. The molecule has 2 aromatic rings. The highest BCUT2D eigenvalue weighted by atomic mass is 32.2. The normalized spacial score (nSPS) is 20.8. The number of anilines is 2. The maximum absolute atomic E-state index is 11.7. The van der Waals surface area contributed by atoms with Crippen LogP contribution in [-0.2, 0) is 15.6 Å². The summed E-state index contributed by atoms with van der Waals surface area (Å²) in [5, 5.41) is 5.52. The molecule has 1 heterocycles. The number of aryl methyl sites for hydroxylation is 1. The molecule has 2 aromatic carbocycles. The van der Waals surface area contributed by atoms with E-state index in [0.717, 1.165) is 28.7 Å². The fraction of sp³-hybridized carbons (Fsp3) is 0.360. The van der Waals surface area contributed by atoms with Gasteiger partial charge < -0.3 is 5.32 Å². The van der Waals surface area contributed by atoms with Crippen LogP contribution < -0.4 is 10.6 Å². The Bertz CT molecular complexity index is 1070. The third-order valence-corrected chi connectivity index (χ3v) is 7.14. The molecule has 30 heavy (non-hydrogen) atoms. The number of hydrogen-bond acceptors (Lipinski definition) is 4. The molecule has 4 nitrogen and oxygen atoms in total. The molecule has 0 spiro atoms. The summed E-state index contributed by atoms with van der Waals surface area (Å²) in [4.78, 5) is 23.5. The predicted molar refractivity (Wildman–Crippen MR) is 125 cm³/mol. The number of carbonyl (C=O) groups is 2. The zero-order valence-corrected chi connectivity index (χ0v) is 19.0. The summed E-state index contributed by atoms with van der Waals surface area (Å²) in [7, 11) is 0. The SMILES string of the molecule is Cc1cc2c(cc1Nc1ccc(/C=C3\SC(=O)NC3=O)cc1)C(C)(C)CCC2(C)C. The maximum Gasteiger partial charge on any atom is 0.290 e. The topological polar surface area (TPSA) is 58.2 Å². The molecule has 0 saturated carbocycles. The van der Waals surface area contributed by atoms with Crippen molar-refractivity contribution in [2.45, 2.75) is 58.3 Å². The van der Waals surface area contributed by atoms with Crippen LogP contribution in [0.5, 0.6) is 0 Å². The number of benzene rings is 2. The Kier molecular flexibility index (Phi) is 5.05. The molecule has 4 rings (SSSR count). The van der Waals surface area contributed by atoms with Gasteiger partial charge in [-0.3, -0.25) is 14.9 Å². The minimum Gasteiger partial charge on any atom is -0.355 e. The quantitative estimate of drug-likeness (QED) is 0.563. The van der Waals surface area contributed by atoms with Crippen molar-refractivity contribution in [1.29, 1.82) is 0 Å². The summed E-state index contributed by atoms with van der Waals surface area (Å²) < 4.78 is 0. The first-order valence-corrected chi connectivity index (χ1v) is 11.1. The lowest BCUT2D eigenvalue weighted by molar-refractivity contribution is -0.115. The lowest BCUT2D eigenvalue weighted by atomic mass is 9.63. The molecular weight excluding hydrogens is 392 g/mol. The van der Waals surface area contributed by atoms with Crippen LogP contribution in [0.3, 0.4) is 0 Å². The van der Waals surface area contributed by atoms with Crippen molar-refractivity contribution in [3.05, 3.63) is 63.6 Å². The second kappa shape index (κ2) is 7.31. The molecule has 2 amide bonds. The van der Waals surface area contributed by atoms with Crippen LogP contribution in [-0.4, -0.2) is 11.1 Å². The lowest BCUT2D eigenvalue weighted by Crippen LogP contribution is -2.34. The first-order valence-electron chi connectivity index (χ1n) is 10.3. The average Bonchev–Trinajstić information content (AvgIpc) is 2.99. The minimum absolute atomic E-state index is 0.169. The number of fused-ring (bicyclic) bond motifs is 1. The van der Waals surface area contributed by atoms with Crippen molar-refractivity contribution >= 4 is 40.4 Å². The van der Waals surface area contributed by atoms with E-state index >= 15 is 0 Å². The monoisotopic (exact) mass is 420 g/mol. The average molecular weight is 421 g/mol. The van der Waals surface area contributed by atoms with Gasteiger partial charge in [0, 0.05) is 11.4 Å². The first kappa shape index (κ1) is 20.7. The fourth-order valence-corrected chi connectivity index (χ4v) is 4.93. The van der Waals surface area contributed by atoms with E-state index in [9.17, 15) is 9.59 Å². The van der Waals surface area contributed by atoms with E-state index < -0.39 is 0 Å². The predicted octanol–water partition coefficient (Wildman–Crippen LogP) is 6.41. The molecule has 2 aliphatic rings. The molecule has 1 fully saturated rings. The van der Waals surface area contributed by atoms with Gasteiger partial charge in [0.15, 0.2) is 0 Å². The van der Waals surface area contributed by atoms with Crippen molar-refractivity contribution in [2.24, 2.45) is 0 Å². The van der Waals surface area contributed by atoms with Crippen LogP contribution in [0.15, 0.2) is 41.3 Å². The smallest absolute Gasteiger partial charge is 0.290 e. The minimum atomic E-state index is -0.331. The maximum atomic E-state index is 11.7. The van der Waals surface area contributed by atoms with Crippen molar-refractivity contribution < 1.29 is 9.59 Å². The lowest BCUT2D eigenvalue weighted by Gasteiger charge is -2.42. The largest absolute Gasteiger partial charge is 0.355 e. The zero-order chi connectivity index (χ0) is 21.7. The van der Waals surface area contributed by atoms with E-state index in [-0.39, 0.29) is 22.0 Å². The second-order valence-corrected chi connectivity index (χ2v) is 10.6. The first-order chi connectivity index (χ1) is 14.0. The molecule has 156 valence electrons. The summed E-state index contributed by atoms with van der Waals surface area (Å²) in [6.07, 6.45) is 4.13. The number of rotatable bonds is 3. The third-order valence-electron chi connectivity index (χ3n) is 6.33. The molecule has 5 heteroatoms. The molecule has 0 radical (unpaired) electrons. The van der Waals surface area contributed by atoms with Gasteiger partial charge in [-0.05, 0) is 88.9 Å². The van der Waals surface area contributed by atoms with E-state index in [1.54, 1.807) is 6.08 Å². The number of thioether (sulfide) groups is 1. The number of hydrogen-bond donors (Lipinski definition) is 2. The Morgan fingerprint density at radius 2 is 1.57 bits per heavy atom. The third kappa shape index (κ3) is 3.91. The van der Waals surface area contributed by atoms with Crippen LogP contribution >= 0.6 is 11.8 Å². The highest BCUT2D eigenvalue weighted by Crippen LogP contribution is 2.47. The second-order valence-electron chi connectivity index (χ2n) is 9.58. The van der Waals surface area contributed by atoms with Crippen LogP contribution in [0.25, 0.3) is 6.08 Å². The molecule has 1 aliphatic carbocycles. The van der Waals surface area contributed by atoms with Gasteiger partial charge in [-0.1, -0.05) is 45.9 Å². The zero-order valence-electron chi connectivity index (χ0n) is 18.2. The van der Waals surface area contributed by atoms with E-state index in [4.69, 9.17) is 0 Å². The van der Waals surface area contributed by atoms with E-state index in [1.807, 2.05) is 24.3 Å². The summed E-state index contributed by atoms with van der Waals surface area (Å²) in [6.45, 7) is 11.5. The molecule has 2 N–H and O–H groups in total. The van der Waals surface area contributed by atoms with Crippen molar-refractivity contribution in [2.75, 3.05) is 5.32 Å². The molecule has 1 saturated heterocycles. The molecule has 0 unspecified atom stereocenters. The van der Waals surface area contributed by atoms with Gasteiger partial charge in [0.05, 0.1) is 4.91 Å². The summed E-state index contributed by atoms with van der Waals surface area (Å²) in [5.41, 5.74) is 7.51. The van der Waals surface area contributed by atoms with Gasteiger partial charge in [-0.2, -0.15) is 0 Å². The molecule has 0 atom stereocenters. The summed E-state index contributed by atoms with van der Waals surface area (Å²) in [6, 6.07) is 12.6. The van der Waals surface area contributed by atoms with Gasteiger partial charge in [-0.15, -0.1) is 0 Å². The highest BCUT2D eigenvalue weighted by molar-refractivity contribution is 8.18. The van der Waals surface area contributed by atoms with Gasteiger partial charge in [-0.25, -0.2) is 0 Å². The number of carbonyl (C=O) groups excluding carboxylic acids is 2. The number of amides is 2. The van der Waals surface area contributed by atoms with E-state index in [2.05, 4.69) is 57.4 Å². The van der Waals surface area contributed by atoms with Crippen molar-refractivity contribution in [1.82, 2.24) is 5.32 Å². The molecule has 0 aromatic heterocycles. The number of imide groups is 1. The molecular formula is C25H28N2O2S. The van der Waals surface area contributed by atoms with Gasteiger partial charge in [0.25, 0.3) is 11.1 Å². The Balaban J connectivity index is 1.60. The number of nitrogens with one attached hydrogen (secondary N) is 2. The molecule has 0 bridgehead atoms. The summed E-state index contributed by atoms with van der Waals surface area (Å²) >= 11 is 0.936.